The van der Waals surface area contributed by atoms with Crippen molar-refractivity contribution >= 4 is 27.7 Å². The lowest BCUT2D eigenvalue weighted by Crippen LogP contribution is -2.47. The summed E-state index contributed by atoms with van der Waals surface area (Å²) in [7, 11) is 0. The molecule has 5 nitrogen and oxygen atoms in total. The highest BCUT2D eigenvalue weighted by molar-refractivity contribution is 9.10. The SMILES string of the molecule is CCN(CC)CC(=O)N[C@@H]1CC[C@@H](C(=O)NC(c2ccc(C)cc2)c2ccc(F)cc2)[C@H](c2ccc(Br)cc2)C1. The van der Waals surface area contributed by atoms with Gasteiger partial charge in [0.05, 0.1) is 12.6 Å². The molecule has 1 unspecified atom stereocenters. The van der Waals surface area contributed by atoms with Crippen molar-refractivity contribution in [2.24, 2.45) is 5.92 Å². The Morgan fingerprint density at radius 3 is 2.12 bits per heavy atom. The highest BCUT2D eigenvalue weighted by Gasteiger charge is 2.37. The summed E-state index contributed by atoms with van der Waals surface area (Å²) in [5.41, 5.74) is 3.99. The van der Waals surface area contributed by atoms with Crippen molar-refractivity contribution in [2.75, 3.05) is 19.6 Å². The van der Waals surface area contributed by atoms with Gasteiger partial charge >= 0.3 is 0 Å². The van der Waals surface area contributed by atoms with Crippen LogP contribution in [-0.4, -0.2) is 42.4 Å². The fraction of sp³-hybridized carbons (Fsp3) is 0.394. The number of nitrogens with one attached hydrogen (secondary N) is 2. The summed E-state index contributed by atoms with van der Waals surface area (Å²) in [5.74, 6) is -0.620. The first-order valence-corrected chi connectivity index (χ1v) is 15.0. The van der Waals surface area contributed by atoms with Crippen LogP contribution in [0.1, 0.15) is 67.3 Å². The first-order chi connectivity index (χ1) is 19.3. The minimum Gasteiger partial charge on any atom is -0.352 e. The summed E-state index contributed by atoms with van der Waals surface area (Å²) < 4.78 is 14.7. The molecule has 0 spiro atoms. The van der Waals surface area contributed by atoms with Crippen LogP contribution in [-0.2, 0) is 9.59 Å². The van der Waals surface area contributed by atoms with Crippen LogP contribution >= 0.6 is 15.9 Å². The molecule has 40 heavy (non-hydrogen) atoms. The van der Waals surface area contributed by atoms with Crippen molar-refractivity contribution in [1.29, 1.82) is 0 Å². The molecule has 212 valence electrons. The van der Waals surface area contributed by atoms with Crippen LogP contribution < -0.4 is 10.6 Å². The van der Waals surface area contributed by atoms with E-state index in [9.17, 15) is 14.0 Å². The molecule has 1 fully saturated rings. The van der Waals surface area contributed by atoms with Crippen LogP contribution in [0.4, 0.5) is 4.39 Å². The first-order valence-electron chi connectivity index (χ1n) is 14.2. The summed E-state index contributed by atoms with van der Waals surface area (Å²) in [6.45, 7) is 8.17. The summed E-state index contributed by atoms with van der Waals surface area (Å²) in [5, 5.41) is 6.54. The minimum absolute atomic E-state index is 0.00533. The zero-order valence-corrected chi connectivity index (χ0v) is 25.1. The number of benzene rings is 3. The Labute approximate surface area is 245 Å². The molecular weight excluding hydrogens is 569 g/mol. The molecule has 2 amide bonds. The van der Waals surface area contributed by atoms with Crippen LogP contribution in [0.3, 0.4) is 0 Å². The third-order valence-electron chi connectivity index (χ3n) is 8.01. The summed E-state index contributed by atoms with van der Waals surface area (Å²) in [4.78, 5) is 28.9. The zero-order chi connectivity index (χ0) is 28.6. The fourth-order valence-corrected chi connectivity index (χ4v) is 5.90. The third kappa shape index (κ3) is 7.79. The summed E-state index contributed by atoms with van der Waals surface area (Å²) >= 11 is 3.52. The molecule has 1 aliphatic rings. The Kier molecular flexibility index (Phi) is 10.5. The van der Waals surface area contributed by atoms with Gasteiger partial charge in [-0.05, 0) is 86.1 Å². The van der Waals surface area contributed by atoms with Gasteiger partial charge in [0.2, 0.25) is 11.8 Å². The number of aryl methyl sites for hydroxylation is 1. The second-order valence-electron chi connectivity index (χ2n) is 10.7. The van der Waals surface area contributed by atoms with Crippen LogP contribution in [0.25, 0.3) is 0 Å². The number of amides is 2. The topological polar surface area (TPSA) is 61.4 Å². The van der Waals surface area contributed by atoms with Gasteiger partial charge in [0.15, 0.2) is 0 Å². The predicted octanol–water partition coefficient (Wildman–Crippen LogP) is 6.51. The second-order valence-corrected chi connectivity index (χ2v) is 11.6. The molecule has 2 N–H and O–H groups in total. The Bertz CT molecular complexity index is 1210. The van der Waals surface area contributed by atoms with E-state index < -0.39 is 6.04 Å². The van der Waals surface area contributed by atoms with Gasteiger partial charge in [0, 0.05) is 16.4 Å². The molecule has 3 aromatic rings. The van der Waals surface area contributed by atoms with Crippen LogP contribution in [0.15, 0.2) is 77.3 Å². The second kappa shape index (κ2) is 14.0. The van der Waals surface area contributed by atoms with E-state index in [1.54, 1.807) is 12.1 Å². The van der Waals surface area contributed by atoms with E-state index in [2.05, 4.69) is 57.4 Å². The van der Waals surface area contributed by atoms with Crippen LogP contribution in [0.5, 0.6) is 0 Å². The Morgan fingerprint density at radius 2 is 1.52 bits per heavy atom. The quantitative estimate of drug-likeness (QED) is 0.276. The normalized spacial score (nSPS) is 19.7. The molecule has 0 radical (unpaired) electrons. The summed E-state index contributed by atoms with van der Waals surface area (Å²) in [6.07, 6.45) is 2.09. The van der Waals surface area contributed by atoms with E-state index in [1.165, 1.54) is 12.1 Å². The maximum atomic E-state index is 14.0. The minimum atomic E-state index is -0.397. The molecule has 0 bridgehead atoms. The molecule has 4 atom stereocenters. The first kappa shape index (κ1) is 29.9. The maximum absolute atomic E-state index is 14.0. The van der Waals surface area contributed by atoms with E-state index in [0.717, 1.165) is 46.2 Å². The molecular formula is C33H39BrFN3O2. The zero-order valence-electron chi connectivity index (χ0n) is 23.5. The van der Waals surface area contributed by atoms with E-state index in [-0.39, 0.29) is 35.5 Å². The molecule has 0 aromatic heterocycles. The monoisotopic (exact) mass is 607 g/mol. The van der Waals surface area contributed by atoms with E-state index >= 15 is 0 Å². The number of rotatable bonds is 10. The number of halogens is 2. The van der Waals surface area contributed by atoms with Crippen LogP contribution in [0.2, 0.25) is 0 Å². The molecule has 0 heterocycles. The van der Waals surface area contributed by atoms with Crippen molar-refractivity contribution in [3.8, 4) is 0 Å². The maximum Gasteiger partial charge on any atom is 0.234 e. The van der Waals surface area contributed by atoms with Crippen molar-refractivity contribution in [1.82, 2.24) is 15.5 Å². The van der Waals surface area contributed by atoms with Gasteiger partial charge < -0.3 is 10.6 Å². The number of hydrogen-bond donors (Lipinski definition) is 2. The van der Waals surface area contributed by atoms with Gasteiger partial charge in [-0.3, -0.25) is 14.5 Å². The van der Waals surface area contributed by atoms with E-state index in [4.69, 9.17) is 0 Å². The van der Waals surface area contributed by atoms with Crippen molar-refractivity contribution in [2.45, 2.75) is 58.0 Å². The van der Waals surface area contributed by atoms with Gasteiger partial charge in [0.25, 0.3) is 0 Å². The van der Waals surface area contributed by atoms with Gasteiger partial charge in [-0.25, -0.2) is 4.39 Å². The molecule has 1 aliphatic carbocycles. The van der Waals surface area contributed by atoms with Crippen molar-refractivity contribution < 1.29 is 14.0 Å². The Balaban J connectivity index is 1.56. The highest BCUT2D eigenvalue weighted by atomic mass is 79.9. The highest BCUT2D eigenvalue weighted by Crippen LogP contribution is 2.39. The van der Waals surface area contributed by atoms with E-state index in [0.29, 0.717) is 19.4 Å². The molecule has 0 aliphatic heterocycles. The van der Waals surface area contributed by atoms with Crippen LogP contribution in [0, 0.1) is 18.7 Å². The number of carbonyl (C=O) groups excluding carboxylic acids is 2. The molecule has 4 rings (SSSR count). The third-order valence-corrected chi connectivity index (χ3v) is 8.54. The molecule has 7 heteroatoms. The Morgan fingerprint density at radius 1 is 0.925 bits per heavy atom. The molecule has 1 saturated carbocycles. The number of nitrogens with zero attached hydrogens (tertiary/aromatic N) is 1. The lowest BCUT2D eigenvalue weighted by Gasteiger charge is -2.37. The predicted molar refractivity (Wildman–Crippen MR) is 162 cm³/mol. The molecule has 0 saturated heterocycles. The largest absolute Gasteiger partial charge is 0.352 e. The lowest BCUT2D eigenvalue weighted by molar-refractivity contribution is -0.127. The van der Waals surface area contributed by atoms with Gasteiger partial charge in [-0.1, -0.05) is 83.9 Å². The van der Waals surface area contributed by atoms with Gasteiger partial charge in [0.1, 0.15) is 5.82 Å². The fourth-order valence-electron chi connectivity index (χ4n) is 5.64. The number of carbonyl (C=O) groups is 2. The smallest absolute Gasteiger partial charge is 0.234 e. The average Bonchev–Trinajstić information content (AvgIpc) is 2.96. The standard InChI is InChI=1S/C33H39BrFN3O2/c1-4-38(5-2)21-31(39)36-28-18-19-29(30(20-28)23-10-14-26(34)15-11-23)33(40)37-32(24-8-6-22(3)7-9-24)25-12-16-27(35)17-13-25/h6-17,28-30,32H,4-5,18-21H2,1-3H3,(H,36,39)(H,37,40)/t28-,29-,30+,32?/m1/s1. The average molecular weight is 609 g/mol. The lowest BCUT2D eigenvalue weighted by atomic mass is 9.73. The Hall–Kier alpha value is -3.03. The number of hydrogen-bond acceptors (Lipinski definition) is 3. The van der Waals surface area contributed by atoms with Crippen molar-refractivity contribution in [3.05, 3.63) is 105 Å². The van der Waals surface area contributed by atoms with Crippen molar-refractivity contribution in [3.63, 3.8) is 0 Å². The summed E-state index contributed by atoms with van der Waals surface area (Å²) in [6, 6.07) is 22.1. The molecule has 3 aromatic carbocycles. The number of likely N-dealkylation sites (N-methyl/N-ethyl adjacent to an activating group) is 1. The van der Waals surface area contributed by atoms with Gasteiger partial charge in [-0.15, -0.1) is 0 Å². The van der Waals surface area contributed by atoms with Gasteiger partial charge in [-0.2, -0.15) is 0 Å². The van der Waals surface area contributed by atoms with E-state index in [1.807, 2.05) is 43.3 Å².